The highest BCUT2D eigenvalue weighted by atomic mass is 32.2. The van der Waals surface area contributed by atoms with Gasteiger partial charge in [0.15, 0.2) is 5.58 Å². The molecule has 1 aromatic carbocycles. The average molecular weight is 390 g/mol. The van der Waals surface area contributed by atoms with Crippen LogP contribution in [-0.2, 0) is 36.5 Å². The highest BCUT2D eigenvalue weighted by molar-refractivity contribution is 7.89. The van der Waals surface area contributed by atoms with E-state index in [1.807, 2.05) is 0 Å². The summed E-state index contributed by atoms with van der Waals surface area (Å²) < 4.78 is 35.0. The van der Waals surface area contributed by atoms with E-state index in [2.05, 4.69) is 9.82 Å². The molecule has 0 saturated heterocycles. The van der Waals surface area contributed by atoms with Crippen molar-refractivity contribution in [3.63, 3.8) is 0 Å². The lowest BCUT2D eigenvalue weighted by molar-refractivity contribution is 0.528. The molecule has 9 nitrogen and oxygen atoms in total. The van der Waals surface area contributed by atoms with Gasteiger partial charge in [-0.25, -0.2) is 22.6 Å². The van der Waals surface area contributed by atoms with Gasteiger partial charge < -0.3 is 4.42 Å². The fourth-order valence-corrected chi connectivity index (χ4v) is 4.28. The molecule has 2 heterocycles. The van der Waals surface area contributed by atoms with Gasteiger partial charge in [-0.05, 0) is 43.0 Å². The van der Waals surface area contributed by atoms with Gasteiger partial charge in [0.1, 0.15) is 0 Å². The third kappa shape index (κ3) is 3.21. The molecule has 0 spiro atoms. The zero-order valence-electron chi connectivity index (χ0n) is 14.6. The van der Waals surface area contributed by atoms with Crippen molar-refractivity contribution in [1.29, 1.82) is 0 Å². The van der Waals surface area contributed by atoms with E-state index in [4.69, 9.17) is 4.42 Å². The van der Waals surface area contributed by atoms with Crippen LogP contribution in [0.4, 0.5) is 0 Å². The third-order valence-electron chi connectivity index (χ3n) is 4.71. The van der Waals surface area contributed by atoms with Crippen molar-refractivity contribution < 1.29 is 12.8 Å². The van der Waals surface area contributed by atoms with Crippen molar-refractivity contribution >= 4 is 21.1 Å². The Morgan fingerprint density at radius 1 is 1.22 bits per heavy atom. The first-order valence-corrected chi connectivity index (χ1v) is 10.0. The fourth-order valence-electron chi connectivity index (χ4n) is 3.24. The Balaban J connectivity index is 1.52. The zero-order valence-corrected chi connectivity index (χ0v) is 15.5. The largest absolute Gasteiger partial charge is 0.419 e. The van der Waals surface area contributed by atoms with Crippen molar-refractivity contribution in [2.24, 2.45) is 7.05 Å². The Bertz CT molecular complexity index is 1250. The van der Waals surface area contributed by atoms with Gasteiger partial charge in [-0.3, -0.25) is 9.36 Å². The van der Waals surface area contributed by atoms with Gasteiger partial charge in [-0.2, -0.15) is 5.10 Å². The number of oxazole rings is 1. The highest BCUT2D eigenvalue weighted by Gasteiger charge is 2.18. The van der Waals surface area contributed by atoms with Gasteiger partial charge in [0, 0.05) is 19.7 Å². The van der Waals surface area contributed by atoms with E-state index < -0.39 is 15.8 Å². The van der Waals surface area contributed by atoms with Crippen molar-refractivity contribution in [2.75, 3.05) is 6.54 Å². The predicted molar refractivity (Wildman–Crippen MR) is 97.2 cm³/mol. The minimum absolute atomic E-state index is 0.0145. The van der Waals surface area contributed by atoms with Crippen LogP contribution in [0.15, 0.2) is 43.2 Å². The molecule has 3 aromatic rings. The first-order chi connectivity index (χ1) is 12.8. The molecular formula is C17H18N4O5S. The Kier molecular flexibility index (Phi) is 4.23. The van der Waals surface area contributed by atoms with Gasteiger partial charge in [-0.15, -0.1) is 0 Å². The molecule has 4 rings (SSSR count). The summed E-state index contributed by atoms with van der Waals surface area (Å²) in [5.74, 6) is -0.561. The Labute approximate surface area is 154 Å². The van der Waals surface area contributed by atoms with Gasteiger partial charge in [0.25, 0.3) is 5.56 Å². The lowest BCUT2D eigenvalue weighted by atomic mass is 10.2. The van der Waals surface area contributed by atoms with E-state index >= 15 is 0 Å². The van der Waals surface area contributed by atoms with Crippen LogP contribution in [0.2, 0.25) is 0 Å². The first-order valence-electron chi connectivity index (χ1n) is 8.54. The number of nitrogens with zero attached hydrogens (tertiary/aromatic N) is 3. The number of hydrogen-bond donors (Lipinski definition) is 1. The number of aromatic nitrogens is 3. The number of benzene rings is 1. The maximum atomic E-state index is 12.5. The molecule has 1 aliphatic carbocycles. The van der Waals surface area contributed by atoms with Crippen molar-refractivity contribution in [1.82, 2.24) is 19.1 Å². The summed E-state index contributed by atoms with van der Waals surface area (Å²) in [5, 5.41) is 4.32. The average Bonchev–Trinajstić information content (AvgIpc) is 3.19. The van der Waals surface area contributed by atoms with Crippen molar-refractivity contribution in [2.45, 2.75) is 30.7 Å². The monoisotopic (exact) mass is 390 g/mol. The fraction of sp³-hybridized carbons (Fsp3) is 0.353. The molecule has 10 heteroatoms. The van der Waals surface area contributed by atoms with Gasteiger partial charge >= 0.3 is 5.76 Å². The van der Waals surface area contributed by atoms with Crippen LogP contribution in [0.3, 0.4) is 0 Å². The van der Waals surface area contributed by atoms with Crippen LogP contribution in [0, 0.1) is 0 Å². The Hall–Kier alpha value is -2.72. The summed E-state index contributed by atoms with van der Waals surface area (Å²) in [4.78, 5) is 23.6. The standard InChI is InChI=1S/C17H18N4O5S/c1-20-14-10-12(5-6-15(14)26-17(20)23)27(24,25)18-7-8-21-16(22)9-11-3-2-4-13(11)19-21/h5-6,9-10,18H,2-4,7-8H2,1H3. The molecule has 1 N–H and O–H groups in total. The summed E-state index contributed by atoms with van der Waals surface area (Å²) >= 11 is 0. The number of hydrogen-bond acceptors (Lipinski definition) is 6. The molecule has 142 valence electrons. The van der Waals surface area contributed by atoms with Crippen LogP contribution < -0.4 is 16.0 Å². The number of nitrogens with one attached hydrogen (secondary N) is 1. The molecular weight excluding hydrogens is 372 g/mol. The molecule has 0 unspecified atom stereocenters. The molecule has 0 amide bonds. The second kappa shape index (κ2) is 6.46. The van der Waals surface area contributed by atoms with Crippen LogP contribution in [0.25, 0.3) is 11.1 Å². The second-order valence-electron chi connectivity index (χ2n) is 6.49. The van der Waals surface area contributed by atoms with E-state index in [-0.39, 0.29) is 23.5 Å². The molecule has 0 radical (unpaired) electrons. The molecule has 0 fully saturated rings. The molecule has 2 aromatic heterocycles. The molecule has 0 bridgehead atoms. The van der Waals surface area contributed by atoms with E-state index in [1.165, 1.54) is 34.5 Å². The summed E-state index contributed by atoms with van der Waals surface area (Å²) in [6.45, 7) is 0.161. The first kappa shape index (κ1) is 17.7. The molecule has 0 atom stereocenters. The second-order valence-corrected chi connectivity index (χ2v) is 8.25. The topological polar surface area (TPSA) is 116 Å². The lowest BCUT2D eigenvalue weighted by Gasteiger charge is -2.09. The normalized spacial score (nSPS) is 14.0. The maximum absolute atomic E-state index is 12.5. The summed E-state index contributed by atoms with van der Waals surface area (Å²) in [6.07, 6.45) is 2.69. The smallest absolute Gasteiger partial charge is 0.408 e. The number of sulfonamides is 1. The quantitative estimate of drug-likeness (QED) is 0.663. The zero-order chi connectivity index (χ0) is 19.2. The van der Waals surface area contributed by atoms with Crippen LogP contribution in [0.1, 0.15) is 17.7 Å². The van der Waals surface area contributed by atoms with Gasteiger partial charge in [0.2, 0.25) is 10.0 Å². The third-order valence-corrected chi connectivity index (χ3v) is 6.17. The van der Waals surface area contributed by atoms with Crippen molar-refractivity contribution in [3.05, 3.63) is 56.4 Å². The van der Waals surface area contributed by atoms with E-state index in [1.54, 1.807) is 6.07 Å². The summed E-state index contributed by atoms with van der Waals surface area (Å²) in [5.41, 5.74) is 2.36. The Morgan fingerprint density at radius 3 is 2.85 bits per heavy atom. The Morgan fingerprint density at radius 2 is 2.04 bits per heavy atom. The predicted octanol–water partition coefficient (Wildman–Crippen LogP) is 0.155. The number of aryl methyl sites for hydroxylation is 3. The van der Waals surface area contributed by atoms with Crippen molar-refractivity contribution in [3.8, 4) is 0 Å². The molecule has 1 aliphatic rings. The van der Waals surface area contributed by atoms with E-state index in [9.17, 15) is 18.0 Å². The molecule has 0 aliphatic heterocycles. The minimum Gasteiger partial charge on any atom is -0.408 e. The lowest BCUT2D eigenvalue weighted by Crippen LogP contribution is -2.32. The SMILES string of the molecule is Cn1c(=O)oc2ccc(S(=O)(=O)NCCn3nc4c(cc3=O)CCC4)cc21. The number of fused-ring (bicyclic) bond motifs is 2. The summed E-state index contributed by atoms with van der Waals surface area (Å²) in [6, 6.07) is 5.77. The summed E-state index contributed by atoms with van der Waals surface area (Å²) in [7, 11) is -2.30. The molecule has 0 saturated carbocycles. The van der Waals surface area contributed by atoms with Crippen LogP contribution in [0.5, 0.6) is 0 Å². The number of rotatable bonds is 5. The van der Waals surface area contributed by atoms with Gasteiger partial charge in [-0.1, -0.05) is 0 Å². The molecule has 27 heavy (non-hydrogen) atoms. The van der Waals surface area contributed by atoms with E-state index in [0.29, 0.717) is 11.1 Å². The van der Waals surface area contributed by atoms with E-state index in [0.717, 1.165) is 30.5 Å². The van der Waals surface area contributed by atoms with Crippen LogP contribution >= 0.6 is 0 Å². The minimum atomic E-state index is -3.80. The maximum Gasteiger partial charge on any atom is 0.419 e. The van der Waals surface area contributed by atoms with Gasteiger partial charge in [0.05, 0.1) is 22.7 Å². The highest BCUT2D eigenvalue weighted by Crippen LogP contribution is 2.18. The van der Waals surface area contributed by atoms with Crippen LogP contribution in [-0.4, -0.2) is 29.3 Å².